The van der Waals surface area contributed by atoms with Crippen molar-refractivity contribution in [1.29, 1.82) is 0 Å². The molecule has 0 atom stereocenters. The zero-order valence-electron chi connectivity index (χ0n) is 7.16. The standard InChI is InChI=1S/C8H12N3O/c1-6-10-8(12-11-6)7-2-4-9-5-3-7/h7H,2-5H2,1H3. The number of nitrogens with zero attached hydrogens (tertiary/aromatic N) is 3. The third-order valence-electron chi connectivity index (χ3n) is 2.16. The molecule has 0 aliphatic carbocycles. The van der Waals surface area contributed by atoms with E-state index in [1.54, 1.807) is 0 Å². The highest BCUT2D eigenvalue weighted by atomic mass is 16.5. The van der Waals surface area contributed by atoms with E-state index >= 15 is 0 Å². The summed E-state index contributed by atoms with van der Waals surface area (Å²) in [5.74, 6) is 1.97. The molecule has 2 rings (SSSR count). The molecule has 0 N–H and O–H groups in total. The summed E-state index contributed by atoms with van der Waals surface area (Å²) >= 11 is 0. The average Bonchev–Trinajstić information content (AvgIpc) is 2.54. The number of aryl methyl sites for hydroxylation is 1. The number of hydrogen-bond donors (Lipinski definition) is 0. The first-order chi connectivity index (χ1) is 5.86. The Morgan fingerprint density at radius 1 is 1.33 bits per heavy atom. The van der Waals surface area contributed by atoms with Crippen molar-refractivity contribution in [2.75, 3.05) is 13.1 Å². The van der Waals surface area contributed by atoms with E-state index in [-0.39, 0.29) is 0 Å². The number of aromatic nitrogens is 2. The van der Waals surface area contributed by atoms with Crippen LogP contribution in [0.15, 0.2) is 4.52 Å². The molecular formula is C8H12N3O. The highest BCUT2D eigenvalue weighted by molar-refractivity contribution is 4.94. The fraction of sp³-hybridized carbons (Fsp3) is 0.750. The van der Waals surface area contributed by atoms with Gasteiger partial charge in [-0.2, -0.15) is 4.98 Å². The molecule has 1 aromatic rings. The monoisotopic (exact) mass is 166 g/mol. The van der Waals surface area contributed by atoms with Gasteiger partial charge in [-0.05, 0) is 19.8 Å². The quantitative estimate of drug-likeness (QED) is 0.621. The zero-order chi connectivity index (χ0) is 8.39. The average molecular weight is 166 g/mol. The van der Waals surface area contributed by atoms with Gasteiger partial charge in [0.05, 0.1) is 0 Å². The second-order valence-corrected chi connectivity index (χ2v) is 3.12. The predicted octanol–water partition coefficient (Wildman–Crippen LogP) is 0.860. The predicted molar refractivity (Wildman–Crippen MR) is 42.9 cm³/mol. The van der Waals surface area contributed by atoms with E-state index in [0.29, 0.717) is 5.92 Å². The second kappa shape index (κ2) is 3.23. The minimum atomic E-state index is 0.448. The molecule has 0 bridgehead atoms. The third-order valence-corrected chi connectivity index (χ3v) is 2.16. The minimum absolute atomic E-state index is 0.448. The molecule has 4 heteroatoms. The molecule has 1 aliphatic rings. The van der Waals surface area contributed by atoms with Gasteiger partial charge < -0.3 is 4.52 Å². The zero-order valence-corrected chi connectivity index (χ0v) is 7.16. The maximum atomic E-state index is 5.10. The van der Waals surface area contributed by atoms with Crippen molar-refractivity contribution < 1.29 is 4.52 Å². The van der Waals surface area contributed by atoms with Crippen LogP contribution in [0.25, 0.3) is 0 Å². The molecule has 0 spiro atoms. The van der Waals surface area contributed by atoms with E-state index in [1.165, 1.54) is 0 Å². The molecule has 12 heavy (non-hydrogen) atoms. The van der Waals surface area contributed by atoms with Crippen molar-refractivity contribution in [2.24, 2.45) is 0 Å². The van der Waals surface area contributed by atoms with E-state index in [0.717, 1.165) is 37.6 Å². The van der Waals surface area contributed by atoms with Crippen LogP contribution in [0.2, 0.25) is 0 Å². The normalized spacial score (nSPS) is 19.8. The Hall–Kier alpha value is -0.900. The first-order valence-corrected chi connectivity index (χ1v) is 4.30. The molecule has 1 fully saturated rings. The first kappa shape index (κ1) is 7.73. The summed E-state index contributed by atoms with van der Waals surface area (Å²) in [7, 11) is 0. The van der Waals surface area contributed by atoms with Gasteiger partial charge in [0.15, 0.2) is 5.82 Å². The summed E-state index contributed by atoms with van der Waals surface area (Å²) in [6, 6.07) is 0. The van der Waals surface area contributed by atoms with E-state index in [4.69, 9.17) is 4.52 Å². The van der Waals surface area contributed by atoms with Crippen LogP contribution in [-0.4, -0.2) is 23.2 Å². The molecule has 0 unspecified atom stereocenters. The van der Waals surface area contributed by atoms with Gasteiger partial charge in [-0.3, -0.25) is 0 Å². The van der Waals surface area contributed by atoms with Gasteiger partial charge in [0, 0.05) is 19.0 Å². The summed E-state index contributed by atoms with van der Waals surface area (Å²) < 4.78 is 5.10. The van der Waals surface area contributed by atoms with Crippen molar-refractivity contribution >= 4 is 0 Å². The van der Waals surface area contributed by atoms with E-state index in [9.17, 15) is 0 Å². The van der Waals surface area contributed by atoms with Crippen LogP contribution in [0.3, 0.4) is 0 Å². The summed E-state index contributed by atoms with van der Waals surface area (Å²) in [5, 5.41) is 8.04. The largest absolute Gasteiger partial charge is 0.339 e. The van der Waals surface area contributed by atoms with Crippen LogP contribution in [-0.2, 0) is 0 Å². The number of piperidine rings is 1. The molecule has 2 heterocycles. The van der Waals surface area contributed by atoms with Crippen molar-refractivity contribution in [3.8, 4) is 0 Å². The third kappa shape index (κ3) is 1.48. The lowest BCUT2D eigenvalue weighted by atomic mass is 9.98. The highest BCUT2D eigenvalue weighted by Gasteiger charge is 2.20. The molecular weight excluding hydrogens is 154 g/mol. The lowest BCUT2D eigenvalue weighted by molar-refractivity contribution is 0.317. The fourth-order valence-corrected chi connectivity index (χ4v) is 1.48. The van der Waals surface area contributed by atoms with Crippen LogP contribution in [0.1, 0.15) is 30.5 Å². The Balaban J connectivity index is 2.08. The Kier molecular flexibility index (Phi) is 2.08. The Morgan fingerprint density at radius 2 is 2.08 bits per heavy atom. The summed E-state index contributed by atoms with van der Waals surface area (Å²) in [6.45, 7) is 3.72. The molecule has 65 valence electrons. The van der Waals surface area contributed by atoms with Gasteiger partial charge in [0.2, 0.25) is 5.89 Å². The Morgan fingerprint density at radius 3 is 2.67 bits per heavy atom. The van der Waals surface area contributed by atoms with E-state index < -0.39 is 0 Å². The molecule has 1 saturated heterocycles. The minimum Gasteiger partial charge on any atom is -0.339 e. The van der Waals surface area contributed by atoms with Crippen LogP contribution < -0.4 is 5.32 Å². The molecule has 0 aromatic carbocycles. The van der Waals surface area contributed by atoms with Gasteiger partial charge in [-0.25, -0.2) is 5.32 Å². The first-order valence-electron chi connectivity index (χ1n) is 4.30. The Bertz CT molecular complexity index is 253. The van der Waals surface area contributed by atoms with E-state index in [1.807, 2.05) is 6.92 Å². The molecule has 0 saturated carbocycles. The smallest absolute Gasteiger partial charge is 0.229 e. The maximum Gasteiger partial charge on any atom is 0.229 e. The fourth-order valence-electron chi connectivity index (χ4n) is 1.48. The van der Waals surface area contributed by atoms with Gasteiger partial charge >= 0.3 is 0 Å². The van der Waals surface area contributed by atoms with Crippen LogP contribution in [0.5, 0.6) is 0 Å². The van der Waals surface area contributed by atoms with Gasteiger partial charge in [-0.1, -0.05) is 5.16 Å². The molecule has 1 radical (unpaired) electrons. The maximum absolute atomic E-state index is 5.10. The summed E-state index contributed by atoms with van der Waals surface area (Å²) in [5.41, 5.74) is 0. The van der Waals surface area contributed by atoms with Gasteiger partial charge in [0.1, 0.15) is 0 Å². The number of hydrogen-bond acceptors (Lipinski definition) is 3. The highest BCUT2D eigenvalue weighted by Crippen LogP contribution is 2.23. The SMILES string of the molecule is Cc1noc(C2CC[N]CC2)n1. The molecule has 4 nitrogen and oxygen atoms in total. The van der Waals surface area contributed by atoms with Crippen LogP contribution >= 0.6 is 0 Å². The lowest BCUT2D eigenvalue weighted by Crippen LogP contribution is -2.21. The van der Waals surface area contributed by atoms with Crippen molar-refractivity contribution in [1.82, 2.24) is 15.5 Å². The molecule has 1 aromatic heterocycles. The lowest BCUT2D eigenvalue weighted by Gasteiger charge is -2.17. The molecule has 1 aliphatic heterocycles. The van der Waals surface area contributed by atoms with Crippen LogP contribution in [0, 0.1) is 6.92 Å². The van der Waals surface area contributed by atoms with Gasteiger partial charge in [0.25, 0.3) is 0 Å². The van der Waals surface area contributed by atoms with Gasteiger partial charge in [-0.15, -0.1) is 0 Å². The van der Waals surface area contributed by atoms with Crippen molar-refractivity contribution in [3.63, 3.8) is 0 Å². The van der Waals surface area contributed by atoms with E-state index in [2.05, 4.69) is 15.5 Å². The topological polar surface area (TPSA) is 53.0 Å². The summed E-state index contributed by atoms with van der Waals surface area (Å²) in [4.78, 5) is 4.21. The van der Waals surface area contributed by atoms with Crippen LogP contribution in [0.4, 0.5) is 0 Å². The molecule has 0 amide bonds. The van der Waals surface area contributed by atoms with Crippen molar-refractivity contribution in [3.05, 3.63) is 11.7 Å². The second-order valence-electron chi connectivity index (χ2n) is 3.12. The van der Waals surface area contributed by atoms with Crippen molar-refractivity contribution in [2.45, 2.75) is 25.7 Å². The number of rotatable bonds is 1. The summed E-state index contributed by atoms with van der Waals surface area (Å²) in [6.07, 6.45) is 2.11. The Labute approximate surface area is 71.4 Å².